The Morgan fingerprint density at radius 2 is 2.12 bits per heavy atom. The molecule has 0 heterocycles. The number of hydrogen-bond acceptors (Lipinski definition) is 2. The molecule has 0 aliphatic heterocycles. The summed E-state index contributed by atoms with van der Waals surface area (Å²) in [7, 11) is 0. The third-order valence-electron chi connectivity index (χ3n) is 2.29. The standard InChI is InChI=1S/C12H17Cl2NO/c1-2-6-15-8-10(16)7-9-4-3-5-11(13)12(9)14/h3-5,10,15-16H,2,6-8H2,1H3. The minimum Gasteiger partial charge on any atom is -0.391 e. The van der Waals surface area contributed by atoms with Crippen LogP contribution in [0.4, 0.5) is 0 Å². The molecule has 90 valence electrons. The van der Waals surface area contributed by atoms with Gasteiger partial charge in [0.1, 0.15) is 0 Å². The van der Waals surface area contributed by atoms with Gasteiger partial charge in [-0.05, 0) is 24.6 Å². The van der Waals surface area contributed by atoms with Crippen LogP contribution in [0.1, 0.15) is 18.9 Å². The molecule has 0 fully saturated rings. The van der Waals surface area contributed by atoms with Gasteiger partial charge in [0, 0.05) is 13.0 Å². The van der Waals surface area contributed by atoms with E-state index in [0.29, 0.717) is 23.0 Å². The van der Waals surface area contributed by atoms with Crippen molar-refractivity contribution in [2.75, 3.05) is 13.1 Å². The maximum atomic E-state index is 9.78. The summed E-state index contributed by atoms with van der Waals surface area (Å²) in [5.41, 5.74) is 0.889. The Balaban J connectivity index is 2.49. The molecule has 0 spiro atoms. The maximum absolute atomic E-state index is 9.78. The summed E-state index contributed by atoms with van der Waals surface area (Å²) in [6, 6.07) is 5.47. The number of benzene rings is 1. The van der Waals surface area contributed by atoms with Crippen molar-refractivity contribution in [2.24, 2.45) is 0 Å². The van der Waals surface area contributed by atoms with Gasteiger partial charge in [-0.15, -0.1) is 0 Å². The Kier molecular flexibility index (Phi) is 6.14. The van der Waals surface area contributed by atoms with Crippen LogP contribution in [-0.4, -0.2) is 24.3 Å². The molecule has 0 saturated carbocycles. The molecule has 0 aliphatic carbocycles. The zero-order valence-corrected chi connectivity index (χ0v) is 10.9. The molecule has 2 nitrogen and oxygen atoms in total. The maximum Gasteiger partial charge on any atom is 0.0705 e. The number of nitrogens with one attached hydrogen (secondary N) is 1. The largest absolute Gasteiger partial charge is 0.391 e. The minimum atomic E-state index is -0.428. The quantitative estimate of drug-likeness (QED) is 0.772. The van der Waals surface area contributed by atoms with Gasteiger partial charge >= 0.3 is 0 Å². The molecule has 1 aromatic carbocycles. The second kappa shape index (κ2) is 7.13. The molecule has 1 unspecified atom stereocenters. The lowest BCUT2D eigenvalue weighted by molar-refractivity contribution is 0.172. The van der Waals surface area contributed by atoms with E-state index in [0.717, 1.165) is 18.5 Å². The second-order valence-electron chi connectivity index (χ2n) is 3.78. The van der Waals surface area contributed by atoms with Gasteiger partial charge < -0.3 is 10.4 Å². The van der Waals surface area contributed by atoms with Crippen molar-refractivity contribution in [3.05, 3.63) is 33.8 Å². The number of rotatable bonds is 6. The van der Waals surface area contributed by atoms with Crippen LogP contribution in [-0.2, 0) is 6.42 Å². The third kappa shape index (κ3) is 4.30. The summed E-state index contributed by atoms with van der Waals surface area (Å²) in [5, 5.41) is 14.0. The molecular weight excluding hydrogens is 245 g/mol. The number of aliphatic hydroxyl groups excluding tert-OH is 1. The zero-order chi connectivity index (χ0) is 12.0. The van der Waals surface area contributed by atoms with Crippen molar-refractivity contribution in [3.63, 3.8) is 0 Å². The second-order valence-corrected chi connectivity index (χ2v) is 4.56. The van der Waals surface area contributed by atoms with Gasteiger partial charge in [-0.2, -0.15) is 0 Å². The fourth-order valence-corrected chi connectivity index (χ4v) is 1.87. The van der Waals surface area contributed by atoms with Crippen molar-refractivity contribution in [2.45, 2.75) is 25.9 Å². The molecule has 1 atom stereocenters. The van der Waals surface area contributed by atoms with Gasteiger partial charge in [-0.1, -0.05) is 42.3 Å². The predicted octanol–water partition coefficient (Wildman–Crippen LogP) is 2.90. The molecule has 1 aromatic rings. The van der Waals surface area contributed by atoms with Crippen molar-refractivity contribution in [3.8, 4) is 0 Å². The lowest BCUT2D eigenvalue weighted by Gasteiger charge is -2.12. The summed E-state index contributed by atoms with van der Waals surface area (Å²) >= 11 is 11.9. The lowest BCUT2D eigenvalue weighted by Crippen LogP contribution is -2.28. The van der Waals surface area contributed by atoms with E-state index in [1.807, 2.05) is 12.1 Å². The Bertz CT molecular complexity index is 331. The fourth-order valence-electron chi connectivity index (χ4n) is 1.48. The first kappa shape index (κ1) is 13.8. The van der Waals surface area contributed by atoms with E-state index in [9.17, 15) is 5.11 Å². The molecule has 0 saturated heterocycles. The molecule has 0 aromatic heterocycles. The highest BCUT2D eigenvalue weighted by atomic mass is 35.5. The van der Waals surface area contributed by atoms with E-state index in [1.165, 1.54) is 0 Å². The molecule has 0 amide bonds. The van der Waals surface area contributed by atoms with E-state index >= 15 is 0 Å². The minimum absolute atomic E-state index is 0.428. The first-order chi connectivity index (χ1) is 7.65. The van der Waals surface area contributed by atoms with Crippen LogP contribution in [0, 0.1) is 0 Å². The summed E-state index contributed by atoms with van der Waals surface area (Å²) in [4.78, 5) is 0. The molecule has 0 radical (unpaired) electrons. The van der Waals surface area contributed by atoms with Crippen molar-refractivity contribution < 1.29 is 5.11 Å². The van der Waals surface area contributed by atoms with E-state index < -0.39 is 6.10 Å². The van der Waals surface area contributed by atoms with E-state index in [1.54, 1.807) is 6.07 Å². The fraction of sp³-hybridized carbons (Fsp3) is 0.500. The third-order valence-corrected chi connectivity index (χ3v) is 3.15. The van der Waals surface area contributed by atoms with Crippen LogP contribution < -0.4 is 5.32 Å². The molecule has 4 heteroatoms. The molecule has 2 N–H and O–H groups in total. The molecule has 0 aliphatic rings. The van der Waals surface area contributed by atoms with Crippen molar-refractivity contribution in [1.29, 1.82) is 0 Å². The Morgan fingerprint density at radius 1 is 1.38 bits per heavy atom. The first-order valence-corrected chi connectivity index (χ1v) is 6.22. The average Bonchev–Trinajstić information content (AvgIpc) is 2.25. The highest BCUT2D eigenvalue weighted by Crippen LogP contribution is 2.26. The van der Waals surface area contributed by atoms with Crippen LogP contribution in [0.2, 0.25) is 10.0 Å². The summed E-state index contributed by atoms with van der Waals surface area (Å²) in [6.07, 6.45) is 1.16. The molecular formula is C12H17Cl2NO. The normalized spacial score (nSPS) is 12.8. The SMILES string of the molecule is CCCNCC(O)Cc1cccc(Cl)c1Cl. The highest BCUT2D eigenvalue weighted by molar-refractivity contribution is 6.42. The number of hydrogen-bond donors (Lipinski definition) is 2. The van der Waals surface area contributed by atoms with Gasteiger partial charge in [0.2, 0.25) is 0 Å². The van der Waals surface area contributed by atoms with Gasteiger partial charge in [-0.25, -0.2) is 0 Å². The van der Waals surface area contributed by atoms with Crippen molar-refractivity contribution >= 4 is 23.2 Å². The van der Waals surface area contributed by atoms with E-state index in [4.69, 9.17) is 23.2 Å². The van der Waals surface area contributed by atoms with E-state index in [2.05, 4.69) is 12.2 Å². The zero-order valence-electron chi connectivity index (χ0n) is 9.34. The van der Waals surface area contributed by atoms with Gasteiger partial charge in [-0.3, -0.25) is 0 Å². The summed E-state index contributed by atoms with van der Waals surface area (Å²) in [5.74, 6) is 0. The summed E-state index contributed by atoms with van der Waals surface area (Å²) in [6.45, 7) is 3.59. The van der Waals surface area contributed by atoms with Gasteiger partial charge in [0.05, 0.1) is 16.1 Å². The van der Waals surface area contributed by atoms with Gasteiger partial charge in [0.15, 0.2) is 0 Å². The smallest absolute Gasteiger partial charge is 0.0705 e. The predicted molar refractivity (Wildman–Crippen MR) is 69.3 cm³/mol. The number of halogens is 2. The average molecular weight is 262 g/mol. The van der Waals surface area contributed by atoms with Crippen molar-refractivity contribution in [1.82, 2.24) is 5.32 Å². The summed E-state index contributed by atoms with van der Waals surface area (Å²) < 4.78 is 0. The van der Waals surface area contributed by atoms with Gasteiger partial charge in [0.25, 0.3) is 0 Å². The Hall–Kier alpha value is -0.280. The first-order valence-electron chi connectivity index (χ1n) is 5.46. The van der Waals surface area contributed by atoms with Crippen LogP contribution in [0.5, 0.6) is 0 Å². The van der Waals surface area contributed by atoms with Crippen LogP contribution in [0.3, 0.4) is 0 Å². The Morgan fingerprint density at radius 3 is 2.81 bits per heavy atom. The monoisotopic (exact) mass is 261 g/mol. The number of aliphatic hydroxyl groups is 1. The lowest BCUT2D eigenvalue weighted by atomic mass is 10.1. The topological polar surface area (TPSA) is 32.3 Å². The van der Waals surface area contributed by atoms with Crippen LogP contribution in [0.25, 0.3) is 0 Å². The highest BCUT2D eigenvalue weighted by Gasteiger charge is 2.09. The molecule has 16 heavy (non-hydrogen) atoms. The van der Waals surface area contributed by atoms with Crippen LogP contribution in [0.15, 0.2) is 18.2 Å². The van der Waals surface area contributed by atoms with Crippen LogP contribution >= 0.6 is 23.2 Å². The molecule has 0 bridgehead atoms. The molecule has 1 rings (SSSR count). The Labute approximate surface area is 107 Å². The van der Waals surface area contributed by atoms with E-state index in [-0.39, 0.29) is 0 Å².